The number of nitrogens with zero attached hydrogens (tertiary/aromatic N) is 1. The summed E-state index contributed by atoms with van der Waals surface area (Å²) < 4.78 is 5.32. The molecule has 0 spiro atoms. The fourth-order valence-electron chi connectivity index (χ4n) is 1.29. The summed E-state index contributed by atoms with van der Waals surface area (Å²) in [6.07, 6.45) is 1.81. The second-order valence-corrected chi connectivity index (χ2v) is 2.60. The number of rotatable bonds is 1. The Morgan fingerprint density at radius 2 is 2.33 bits per heavy atom. The molecule has 0 amide bonds. The van der Waals surface area contributed by atoms with Crippen molar-refractivity contribution in [2.24, 2.45) is 4.99 Å². The summed E-state index contributed by atoms with van der Waals surface area (Å²) in [4.78, 5) is 13.5. The van der Waals surface area contributed by atoms with Gasteiger partial charge in [0.25, 0.3) is 0 Å². The third-order valence-corrected chi connectivity index (χ3v) is 1.83. The number of hydrogen-bond donors (Lipinski definition) is 0. The van der Waals surface area contributed by atoms with E-state index in [1.54, 1.807) is 0 Å². The molecule has 0 saturated carbocycles. The van der Waals surface area contributed by atoms with Crippen LogP contribution in [0.25, 0.3) is 0 Å². The fraction of sp³-hybridized carbons (Fsp3) is 0.222. The van der Waals surface area contributed by atoms with Gasteiger partial charge >= 0.3 is 0 Å². The molecule has 1 atom stereocenters. The Bertz CT molecular complexity index is 317. The van der Waals surface area contributed by atoms with E-state index in [1.807, 2.05) is 24.3 Å². The van der Waals surface area contributed by atoms with E-state index in [-0.39, 0.29) is 6.23 Å². The van der Waals surface area contributed by atoms with Crippen LogP contribution in [-0.2, 0) is 11.2 Å². The maximum Gasteiger partial charge on any atom is 0.238 e. The van der Waals surface area contributed by atoms with Gasteiger partial charge in [0.2, 0.25) is 12.3 Å². The largest absolute Gasteiger partial charge is 0.467 e. The second kappa shape index (κ2) is 2.80. The number of aliphatic imine (C=N–C) groups is 1. The van der Waals surface area contributed by atoms with Crippen molar-refractivity contribution in [3.63, 3.8) is 0 Å². The van der Waals surface area contributed by atoms with E-state index in [2.05, 4.69) is 4.99 Å². The first-order valence-corrected chi connectivity index (χ1v) is 3.71. The minimum Gasteiger partial charge on any atom is -0.467 e. The van der Waals surface area contributed by atoms with Crippen molar-refractivity contribution in [1.82, 2.24) is 0 Å². The minimum atomic E-state index is -0.361. The maximum atomic E-state index is 9.94. The molecule has 12 heavy (non-hydrogen) atoms. The molecule has 1 aliphatic heterocycles. The molecule has 0 unspecified atom stereocenters. The van der Waals surface area contributed by atoms with Crippen molar-refractivity contribution in [3.05, 3.63) is 29.8 Å². The van der Waals surface area contributed by atoms with E-state index in [0.29, 0.717) is 6.42 Å². The number of benzene rings is 1. The lowest BCUT2D eigenvalue weighted by atomic mass is 10.2. The first-order chi connectivity index (χ1) is 5.90. The average molecular weight is 161 g/mol. The molecule has 1 heterocycles. The molecule has 0 saturated heterocycles. The van der Waals surface area contributed by atoms with E-state index in [0.717, 1.165) is 11.3 Å². The summed E-state index contributed by atoms with van der Waals surface area (Å²) in [6, 6.07) is 7.67. The molecule has 1 aromatic carbocycles. The van der Waals surface area contributed by atoms with Gasteiger partial charge in [-0.15, -0.1) is 0 Å². The van der Waals surface area contributed by atoms with Crippen LogP contribution >= 0.6 is 0 Å². The summed E-state index contributed by atoms with van der Waals surface area (Å²) in [7, 11) is 0. The molecule has 2 rings (SSSR count). The van der Waals surface area contributed by atoms with Gasteiger partial charge in [0.15, 0.2) is 0 Å². The van der Waals surface area contributed by atoms with Gasteiger partial charge in [0.1, 0.15) is 5.75 Å². The lowest BCUT2D eigenvalue weighted by molar-refractivity contribution is 0.243. The lowest BCUT2D eigenvalue weighted by Gasteiger charge is -2.00. The van der Waals surface area contributed by atoms with Crippen molar-refractivity contribution < 1.29 is 9.53 Å². The van der Waals surface area contributed by atoms with E-state index in [9.17, 15) is 4.79 Å². The number of ether oxygens (including phenoxy) is 1. The van der Waals surface area contributed by atoms with Crippen LogP contribution in [0.4, 0.5) is 0 Å². The van der Waals surface area contributed by atoms with Gasteiger partial charge < -0.3 is 4.74 Å². The highest BCUT2D eigenvalue weighted by Gasteiger charge is 2.20. The van der Waals surface area contributed by atoms with Gasteiger partial charge in [0.05, 0.1) is 0 Å². The molecule has 0 fully saturated rings. The zero-order valence-corrected chi connectivity index (χ0v) is 6.36. The SMILES string of the molecule is O=C=N[C@@H]1Cc2ccccc2O1. The van der Waals surface area contributed by atoms with Gasteiger partial charge in [-0.1, -0.05) is 18.2 Å². The highest BCUT2D eigenvalue weighted by atomic mass is 16.5. The van der Waals surface area contributed by atoms with Gasteiger partial charge in [-0.2, -0.15) is 4.99 Å². The first-order valence-electron chi connectivity index (χ1n) is 3.71. The van der Waals surface area contributed by atoms with Crippen LogP contribution in [0, 0.1) is 0 Å². The van der Waals surface area contributed by atoms with Gasteiger partial charge in [-0.05, 0) is 11.6 Å². The highest BCUT2D eigenvalue weighted by Crippen LogP contribution is 2.28. The van der Waals surface area contributed by atoms with E-state index >= 15 is 0 Å². The van der Waals surface area contributed by atoms with Gasteiger partial charge in [0, 0.05) is 6.42 Å². The summed E-state index contributed by atoms with van der Waals surface area (Å²) in [5.41, 5.74) is 1.10. The van der Waals surface area contributed by atoms with Gasteiger partial charge in [-0.3, -0.25) is 0 Å². The summed E-state index contributed by atoms with van der Waals surface area (Å²) in [6.45, 7) is 0. The summed E-state index contributed by atoms with van der Waals surface area (Å²) in [5.74, 6) is 0.821. The number of para-hydroxylation sites is 1. The van der Waals surface area contributed by atoms with Crippen LogP contribution in [0.1, 0.15) is 5.56 Å². The molecular weight excluding hydrogens is 154 g/mol. The molecule has 3 heteroatoms. The Morgan fingerprint density at radius 3 is 3.08 bits per heavy atom. The van der Waals surface area contributed by atoms with E-state index < -0.39 is 0 Å². The number of carbonyl (C=O) groups excluding carboxylic acids is 1. The molecule has 1 aliphatic rings. The normalized spacial score (nSPS) is 19.2. The first kappa shape index (κ1) is 7.07. The van der Waals surface area contributed by atoms with Crippen LogP contribution in [0.15, 0.2) is 29.3 Å². The van der Waals surface area contributed by atoms with Crippen molar-refractivity contribution in [2.45, 2.75) is 12.6 Å². The second-order valence-electron chi connectivity index (χ2n) is 2.60. The predicted molar refractivity (Wildman–Crippen MR) is 42.7 cm³/mol. The molecule has 0 aliphatic carbocycles. The molecule has 1 aromatic rings. The molecule has 0 radical (unpaired) electrons. The third kappa shape index (κ3) is 1.11. The van der Waals surface area contributed by atoms with Crippen molar-refractivity contribution in [3.8, 4) is 5.75 Å². The molecule has 0 bridgehead atoms. The molecule has 3 nitrogen and oxygen atoms in total. The standard InChI is InChI=1S/C9H7NO2/c11-6-10-9-5-7-3-1-2-4-8(7)12-9/h1-4,9H,5H2/t9-/m0/s1. The van der Waals surface area contributed by atoms with Crippen LogP contribution in [0.2, 0.25) is 0 Å². The van der Waals surface area contributed by atoms with Crippen molar-refractivity contribution in [2.75, 3.05) is 0 Å². The Balaban J connectivity index is 2.27. The Labute approximate surface area is 69.7 Å². The molecule has 0 aromatic heterocycles. The molecule has 0 N–H and O–H groups in total. The number of fused-ring (bicyclic) bond motifs is 1. The highest BCUT2D eigenvalue weighted by molar-refractivity contribution is 5.39. The smallest absolute Gasteiger partial charge is 0.238 e. The number of isocyanates is 1. The average Bonchev–Trinajstić information content (AvgIpc) is 2.47. The monoisotopic (exact) mass is 161 g/mol. The summed E-state index contributed by atoms with van der Waals surface area (Å²) >= 11 is 0. The van der Waals surface area contributed by atoms with E-state index in [4.69, 9.17) is 4.74 Å². The zero-order chi connectivity index (χ0) is 8.39. The fourth-order valence-corrected chi connectivity index (χ4v) is 1.29. The van der Waals surface area contributed by atoms with Crippen molar-refractivity contribution in [1.29, 1.82) is 0 Å². The third-order valence-electron chi connectivity index (χ3n) is 1.83. The molecular formula is C9H7NO2. The number of hydrogen-bond acceptors (Lipinski definition) is 3. The van der Waals surface area contributed by atoms with Crippen LogP contribution in [-0.4, -0.2) is 12.3 Å². The molecule has 60 valence electrons. The Kier molecular flexibility index (Phi) is 1.65. The Morgan fingerprint density at radius 1 is 1.50 bits per heavy atom. The quantitative estimate of drug-likeness (QED) is 0.459. The van der Waals surface area contributed by atoms with Crippen LogP contribution < -0.4 is 4.74 Å². The van der Waals surface area contributed by atoms with E-state index in [1.165, 1.54) is 6.08 Å². The zero-order valence-electron chi connectivity index (χ0n) is 6.36. The van der Waals surface area contributed by atoms with Crippen molar-refractivity contribution >= 4 is 6.08 Å². The minimum absolute atomic E-state index is 0.361. The topological polar surface area (TPSA) is 38.7 Å². The van der Waals surface area contributed by atoms with Gasteiger partial charge in [-0.25, -0.2) is 4.79 Å². The lowest BCUT2D eigenvalue weighted by Crippen LogP contribution is -2.08. The predicted octanol–water partition coefficient (Wildman–Crippen LogP) is 1.28. The van der Waals surface area contributed by atoms with Crippen LogP contribution in [0.5, 0.6) is 5.75 Å². The van der Waals surface area contributed by atoms with Crippen LogP contribution in [0.3, 0.4) is 0 Å². The summed E-state index contributed by atoms with van der Waals surface area (Å²) in [5, 5.41) is 0. The maximum absolute atomic E-state index is 9.94. The Hall–Kier alpha value is -1.60.